The first-order valence-corrected chi connectivity index (χ1v) is 12.6. The third-order valence-electron chi connectivity index (χ3n) is 6.86. The van der Waals surface area contributed by atoms with E-state index in [-0.39, 0.29) is 11.5 Å². The van der Waals surface area contributed by atoms with Gasteiger partial charge in [-0.3, -0.25) is 9.59 Å². The average molecular weight is 460 g/mol. The fourth-order valence-corrected chi connectivity index (χ4v) is 6.19. The standard InChI is InChI=1S/C27H29N3O2S/c1-3-22(26(31)29-15-13-20(14-16-29)17-19-9-5-4-6-10-19)30-27(32)24-21-11-7-8-12-23(21)33-25(24)18(2)28-30/h4-12,20,22H,3,13-17H2,1-2H3. The monoisotopic (exact) mass is 459 g/mol. The molecule has 4 aromatic rings. The number of fused-ring (bicyclic) bond motifs is 3. The second-order valence-corrected chi connectivity index (χ2v) is 10.1. The molecule has 5 rings (SSSR count). The number of benzene rings is 2. The van der Waals surface area contributed by atoms with Gasteiger partial charge in [-0.2, -0.15) is 5.10 Å². The van der Waals surface area contributed by atoms with Crippen LogP contribution in [0, 0.1) is 12.8 Å². The van der Waals surface area contributed by atoms with E-state index in [0.29, 0.717) is 17.7 Å². The molecule has 1 aliphatic rings. The Bertz CT molecular complexity index is 1350. The summed E-state index contributed by atoms with van der Waals surface area (Å²) in [4.78, 5) is 29.0. The maximum absolute atomic E-state index is 13.5. The van der Waals surface area contributed by atoms with Gasteiger partial charge >= 0.3 is 0 Å². The number of carbonyl (C=O) groups excluding carboxylic acids is 1. The minimum atomic E-state index is -0.565. The molecular formula is C27H29N3O2S. The quantitative estimate of drug-likeness (QED) is 0.404. The largest absolute Gasteiger partial charge is 0.341 e. The maximum Gasteiger partial charge on any atom is 0.276 e. The Kier molecular flexibility index (Phi) is 6.02. The molecule has 1 aliphatic heterocycles. The second kappa shape index (κ2) is 9.10. The van der Waals surface area contributed by atoms with Gasteiger partial charge in [0.05, 0.1) is 15.8 Å². The fourth-order valence-electron chi connectivity index (χ4n) is 5.06. The molecule has 0 radical (unpaired) electrons. The van der Waals surface area contributed by atoms with E-state index in [2.05, 4.69) is 29.4 Å². The molecule has 0 spiro atoms. The number of aromatic nitrogens is 2. The van der Waals surface area contributed by atoms with Crippen molar-refractivity contribution in [3.63, 3.8) is 0 Å². The Balaban J connectivity index is 1.39. The molecule has 1 amide bonds. The fraction of sp³-hybridized carbons (Fsp3) is 0.370. The number of thiophene rings is 1. The van der Waals surface area contributed by atoms with E-state index in [1.807, 2.05) is 49.1 Å². The third-order valence-corrected chi connectivity index (χ3v) is 8.14. The summed E-state index contributed by atoms with van der Waals surface area (Å²) in [6, 6.07) is 18.0. The summed E-state index contributed by atoms with van der Waals surface area (Å²) in [6.07, 6.45) is 3.59. The van der Waals surface area contributed by atoms with E-state index >= 15 is 0 Å². The van der Waals surface area contributed by atoms with Crippen LogP contribution in [0.15, 0.2) is 59.4 Å². The van der Waals surface area contributed by atoms with Crippen molar-refractivity contribution >= 4 is 37.4 Å². The van der Waals surface area contributed by atoms with Crippen LogP contribution in [0.2, 0.25) is 0 Å². The van der Waals surface area contributed by atoms with Crippen LogP contribution < -0.4 is 5.56 Å². The molecule has 1 saturated heterocycles. The third kappa shape index (κ3) is 4.08. The summed E-state index contributed by atoms with van der Waals surface area (Å²) < 4.78 is 3.45. The van der Waals surface area contributed by atoms with Crippen molar-refractivity contribution < 1.29 is 4.79 Å². The number of aryl methyl sites for hydroxylation is 1. The number of hydrogen-bond donors (Lipinski definition) is 0. The van der Waals surface area contributed by atoms with Crippen molar-refractivity contribution in [3.8, 4) is 0 Å². The zero-order valence-corrected chi connectivity index (χ0v) is 20.0. The van der Waals surface area contributed by atoms with Crippen molar-refractivity contribution in [3.05, 3.63) is 76.2 Å². The summed E-state index contributed by atoms with van der Waals surface area (Å²) in [5.74, 6) is 0.608. The number of piperidine rings is 1. The molecule has 170 valence electrons. The first-order valence-electron chi connectivity index (χ1n) is 11.8. The summed E-state index contributed by atoms with van der Waals surface area (Å²) in [7, 11) is 0. The SMILES string of the molecule is CCC(C(=O)N1CCC(Cc2ccccc2)CC1)n1nc(C)c2sc3ccccc3c2c1=O. The molecule has 1 unspecified atom stereocenters. The van der Waals surface area contributed by atoms with Crippen LogP contribution in [0.25, 0.3) is 20.2 Å². The predicted molar refractivity (Wildman–Crippen MR) is 135 cm³/mol. The Labute approximate surface area is 197 Å². The topological polar surface area (TPSA) is 55.2 Å². The highest BCUT2D eigenvalue weighted by Crippen LogP contribution is 2.33. The lowest BCUT2D eigenvalue weighted by Gasteiger charge is -2.34. The highest BCUT2D eigenvalue weighted by Gasteiger charge is 2.30. The first-order chi connectivity index (χ1) is 16.1. The molecular weight excluding hydrogens is 430 g/mol. The normalized spacial score (nSPS) is 15.9. The van der Waals surface area contributed by atoms with E-state index in [9.17, 15) is 9.59 Å². The molecule has 1 fully saturated rings. The molecule has 2 aromatic heterocycles. The van der Waals surface area contributed by atoms with Gasteiger partial charge in [-0.05, 0) is 50.2 Å². The maximum atomic E-state index is 13.5. The molecule has 6 heteroatoms. The van der Waals surface area contributed by atoms with Gasteiger partial charge < -0.3 is 4.90 Å². The molecule has 1 atom stereocenters. The predicted octanol–water partition coefficient (Wildman–Crippen LogP) is 5.35. The zero-order chi connectivity index (χ0) is 22.9. The molecule has 0 saturated carbocycles. The lowest BCUT2D eigenvalue weighted by Crippen LogP contribution is -2.45. The highest BCUT2D eigenvalue weighted by atomic mass is 32.1. The van der Waals surface area contributed by atoms with E-state index < -0.39 is 6.04 Å². The number of nitrogens with zero attached hydrogens (tertiary/aromatic N) is 3. The van der Waals surface area contributed by atoms with Crippen LogP contribution in [0.5, 0.6) is 0 Å². The first kappa shape index (κ1) is 21.8. The number of hydrogen-bond acceptors (Lipinski definition) is 4. The van der Waals surface area contributed by atoms with Gasteiger partial charge in [-0.25, -0.2) is 4.68 Å². The Morgan fingerprint density at radius 2 is 1.79 bits per heavy atom. The van der Waals surface area contributed by atoms with Crippen LogP contribution in [-0.4, -0.2) is 33.7 Å². The lowest BCUT2D eigenvalue weighted by molar-refractivity contribution is -0.136. The second-order valence-electron chi connectivity index (χ2n) is 9.02. The summed E-state index contributed by atoms with van der Waals surface area (Å²) >= 11 is 1.60. The molecule has 0 N–H and O–H groups in total. The number of rotatable bonds is 5. The summed E-state index contributed by atoms with van der Waals surface area (Å²) in [6.45, 7) is 5.37. The van der Waals surface area contributed by atoms with Gasteiger partial charge in [0.2, 0.25) is 5.91 Å². The van der Waals surface area contributed by atoms with Crippen LogP contribution in [0.3, 0.4) is 0 Å². The number of likely N-dealkylation sites (tertiary alicyclic amines) is 1. The molecule has 3 heterocycles. The van der Waals surface area contributed by atoms with Crippen LogP contribution in [0.1, 0.15) is 43.5 Å². The van der Waals surface area contributed by atoms with Crippen molar-refractivity contribution in [2.45, 2.75) is 45.6 Å². The average Bonchev–Trinajstić information content (AvgIpc) is 3.24. The number of amides is 1. The van der Waals surface area contributed by atoms with E-state index in [1.165, 1.54) is 10.2 Å². The van der Waals surface area contributed by atoms with Crippen LogP contribution in [0.4, 0.5) is 0 Å². The zero-order valence-electron chi connectivity index (χ0n) is 19.2. The molecule has 0 aliphatic carbocycles. The highest BCUT2D eigenvalue weighted by molar-refractivity contribution is 7.26. The van der Waals surface area contributed by atoms with Gasteiger partial charge in [0.15, 0.2) is 0 Å². The molecule has 5 nitrogen and oxygen atoms in total. The Morgan fingerprint density at radius 3 is 2.52 bits per heavy atom. The van der Waals surface area contributed by atoms with E-state index in [0.717, 1.165) is 52.8 Å². The van der Waals surface area contributed by atoms with Gasteiger partial charge in [-0.15, -0.1) is 11.3 Å². The smallest absolute Gasteiger partial charge is 0.276 e. The molecule has 2 aromatic carbocycles. The minimum absolute atomic E-state index is 0.0172. The van der Waals surface area contributed by atoms with Crippen molar-refractivity contribution in [1.82, 2.24) is 14.7 Å². The van der Waals surface area contributed by atoms with Gasteiger partial charge in [0.1, 0.15) is 6.04 Å². The van der Waals surface area contributed by atoms with Crippen LogP contribution in [-0.2, 0) is 11.2 Å². The minimum Gasteiger partial charge on any atom is -0.341 e. The summed E-state index contributed by atoms with van der Waals surface area (Å²) in [5.41, 5.74) is 2.00. The van der Waals surface area contributed by atoms with Crippen molar-refractivity contribution in [2.24, 2.45) is 5.92 Å². The van der Waals surface area contributed by atoms with Crippen molar-refractivity contribution in [2.75, 3.05) is 13.1 Å². The molecule has 0 bridgehead atoms. The van der Waals surface area contributed by atoms with Crippen LogP contribution >= 0.6 is 11.3 Å². The van der Waals surface area contributed by atoms with Gasteiger partial charge in [0, 0.05) is 23.2 Å². The van der Waals surface area contributed by atoms with E-state index in [1.54, 1.807) is 11.3 Å². The van der Waals surface area contributed by atoms with E-state index in [4.69, 9.17) is 0 Å². The van der Waals surface area contributed by atoms with Crippen molar-refractivity contribution in [1.29, 1.82) is 0 Å². The van der Waals surface area contributed by atoms with Gasteiger partial charge in [-0.1, -0.05) is 55.5 Å². The Morgan fingerprint density at radius 1 is 1.09 bits per heavy atom. The summed E-state index contributed by atoms with van der Waals surface area (Å²) in [5, 5.41) is 6.26. The van der Waals surface area contributed by atoms with Gasteiger partial charge in [0.25, 0.3) is 5.56 Å². The lowest BCUT2D eigenvalue weighted by atomic mass is 9.90. The molecule has 33 heavy (non-hydrogen) atoms. The Hall–Kier alpha value is -2.99. The number of carbonyl (C=O) groups is 1.